The van der Waals surface area contributed by atoms with Crippen molar-refractivity contribution in [3.63, 3.8) is 0 Å². The number of hydrogen-bond acceptors (Lipinski definition) is 5. The van der Waals surface area contributed by atoms with Gasteiger partial charge in [-0.25, -0.2) is 4.98 Å². The first-order valence-corrected chi connectivity index (χ1v) is 9.05. The highest BCUT2D eigenvalue weighted by molar-refractivity contribution is 7.10. The van der Waals surface area contributed by atoms with Crippen LogP contribution >= 0.6 is 11.3 Å². The minimum atomic E-state index is -0.0880. The SMILES string of the molecule is Cc1cc(C(=O)NC[C@H](c2cccs2)N(C)C)c2c(C)nn(C)c2n1. The van der Waals surface area contributed by atoms with E-state index in [9.17, 15) is 4.79 Å². The second-order valence-electron chi connectivity index (χ2n) is 6.42. The van der Waals surface area contributed by atoms with E-state index in [0.717, 1.165) is 22.4 Å². The van der Waals surface area contributed by atoms with Crippen molar-refractivity contribution in [1.29, 1.82) is 0 Å². The van der Waals surface area contributed by atoms with Crippen LogP contribution in [0.2, 0.25) is 0 Å². The van der Waals surface area contributed by atoms with Gasteiger partial charge >= 0.3 is 0 Å². The van der Waals surface area contributed by atoms with Crippen molar-refractivity contribution in [1.82, 2.24) is 25.0 Å². The maximum absolute atomic E-state index is 12.9. The number of nitrogens with zero attached hydrogens (tertiary/aromatic N) is 4. The first kappa shape index (κ1) is 17.6. The summed E-state index contributed by atoms with van der Waals surface area (Å²) in [5.41, 5.74) is 3.00. The average Bonchev–Trinajstić information content (AvgIpc) is 3.16. The van der Waals surface area contributed by atoms with Crippen LogP contribution in [-0.2, 0) is 7.05 Å². The summed E-state index contributed by atoms with van der Waals surface area (Å²) in [5.74, 6) is -0.0880. The number of hydrogen-bond donors (Lipinski definition) is 1. The summed E-state index contributed by atoms with van der Waals surface area (Å²) in [6, 6.07) is 6.12. The Kier molecular flexibility index (Phi) is 4.87. The van der Waals surface area contributed by atoms with Crippen LogP contribution in [0.25, 0.3) is 11.0 Å². The van der Waals surface area contributed by atoms with Crippen LogP contribution in [0.15, 0.2) is 23.6 Å². The van der Waals surface area contributed by atoms with Crippen molar-refractivity contribution < 1.29 is 4.79 Å². The monoisotopic (exact) mass is 357 g/mol. The van der Waals surface area contributed by atoms with E-state index in [4.69, 9.17) is 0 Å². The van der Waals surface area contributed by atoms with Crippen LogP contribution in [0.4, 0.5) is 0 Å². The van der Waals surface area contributed by atoms with Gasteiger partial charge in [-0.1, -0.05) is 6.07 Å². The molecule has 0 spiro atoms. The number of amides is 1. The quantitative estimate of drug-likeness (QED) is 0.763. The molecule has 0 aromatic carbocycles. The van der Waals surface area contributed by atoms with E-state index in [1.807, 2.05) is 47.1 Å². The maximum Gasteiger partial charge on any atom is 0.252 e. The Morgan fingerprint density at radius 2 is 2.16 bits per heavy atom. The van der Waals surface area contributed by atoms with E-state index in [-0.39, 0.29) is 11.9 Å². The molecule has 0 fully saturated rings. The summed E-state index contributed by atoms with van der Waals surface area (Å²) in [6.45, 7) is 4.35. The molecule has 0 radical (unpaired) electrons. The molecule has 3 aromatic rings. The Bertz CT molecular complexity index is 898. The van der Waals surface area contributed by atoms with Crippen molar-refractivity contribution in [3.05, 3.63) is 45.4 Å². The fraction of sp³-hybridized carbons (Fsp3) is 0.389. The molecule has 3 aromatic heterocycles. The molecule has 0 aliphatic carbocycles. The molecule has 3 heterocycles. The highest BCUT2D eigenvalue weighted by Crippen LogP contribution is 2.24. The number of nitrogens with one attached hydrogen (secondary N) is 1. The summed E-state index contributed by atoms with van der Waals surface area (Å²) in [4.78, 5) is 20.8. The number of rotatable bonds is 5. The number of carbonyl (C=O) groups excluding carboxylic acids is 1. The molecule has 7 heteroatoms. The van der Waals surface area contributed by atoms with Crippen molar-refractivity contribution in [3.8, 4) is 0 Å². The van der Waals surface area contributed by atoms with Crippen LogP contribution < -0.4 is 5.32 Å². The number of aromatic nitrogens is 3. The smallest absolute Gasteiger partial charge is 0.252 e. The highest BCUT2D eigenvalue weighted by Gasteiger charge is 2.20. The number of fused-ring (bicyclic) bond motifs is 1. The van der Waals surface area contributed by atoms with Crippen molar-refractivity contribution >= 4 is 28.3 Å². The second-order valence-corrected chi connectivity index (χ2v) is 7.40. The number of carbonyl (C=O) groups is 1. The van der Waals surface area contributed by atoms with E-state index < -0.39 is 0 Å². The number of thiophene rings is 1. The summed E-state index contributed by atoms with van der Waals surface area (Å²) in [5, 5.41) is 10.4. The van der Waals surface area contributed by atoms with Gasteiger partial charge in [0.25, 0.3) is 5.91 Å². The van der Waals surface area contributed by atoms with Gasteiger partial charge in [0.2, 0.25) is 0 Å². The summed E-state index contributed by atoms with van der Waals surface area (Å²) < 4.78 is 1.72. The molecule has 0 saturated heterocycles. The lowest BCUT2D eigenvalue weighted by Crippen LogP contribution is -2.34. The van der Waals surface area contributed by atoms with E-state index in [2.05, 4.69) is 31.7 Å². The summed E-state index contributed by atoms with van der Waals surface area (Å²) in [6.07, 6.45) is 0. The molecule has 25 heavy (non-hydrogen) atoms. The molecule has 0 bridgehead atoms. The lowest BCUT2D eigenvalue weighted by atomic mass is 10.1. The molecule has 1 atom stereocenters. The molecule has 6 nitrogen and oxygen atoms in total. The Hall–Kier alpha value is -2.25. The van der Waals surface area contributed by atoms with Gasteiger partial charge in [-0.3, -0.25) is 9.48 Å². The average molecular weight is 357 g/mol. The third-order valence-electron chi connectivity index (χ3n) is 4.29. The van der Waals surface area contributed by atoms with Crippen LogP contribution in [0.1, 0.15) is 32.7 Å². The van der Waals surface area contributed by atoms with E-state index in [1.54, 1.807) is 16.0 Å². The van der Waals surface area contributed by atoms with Crippen LogP contribution in [0.5, 0.6) is 0 Å². The zero-order chi connectivity index (χ0) is 18.1. The molecule has 1 N–H and O–H groups in total. The predicted octanol–water partition coefficient (Wildman–Crippen LogP) is 2.68. The topological polar surface area (TPSA) is 63.1 Å². The van der Waals surface area contributed by atoms with Crippen molar-refractivity contribution in [2.24, 2.45) is 7.05 Å². The van der Waals surface area contributed by atoms with Crippen molar-refractivity contribution in [2.45, 2.75) is 19.9 Å². The van der Waals surface area contributed by atoms with Crippen LogP contribution in [0, 0.1) is 13.8 Å². The molecule has 0 saturated carbocycles. The standard InChI is InChI=1S/C18H23N5OS/c1-11-9-13(16-12(2)21-23(5)17(16)20-11)18(24)19-10-14(22(3)4)15-7-6-8-25-15/h6-9,14H,10H2,1-5H3,(H,19,24)/t14-/m1/s1. The fourth-order valence-corrected chi connectivity index (χ4v) is 3.97. The van der Waals surface area contributed by atoms with Gasteiger partial charge in [0.1, 0.15) is 0 Å². The highest BCUT2D eigenvalue weighted by atomic mass is 32.1. The zero-order valence-electron chi connectivity index (χ0n) is 15.2. The van der Waals surface area contributed by atoms with Gasteiger partial charge in [-0.05, 0) is 45.5 Å². The molecule has 1 amide bonds. The molecular formula is C18H23N5OS. The first-order chi connectivity index (χ1) is 11.9. The maximum atomic E-state index is 12.9. The summed E-state index contributed by atoms with van der Waals surface area (Å²) >= 11 is 1.70. The molecule has 3 rings (SSSR count). The summed E-state index contributed by atoms with van der Waals surface area (Å²) in [7, 11) is 5.90. The van der Waals surface area contributed by atoms with Crippen LogP contribution in [-0.4, -0.2) is 46.2 Å². The Morgan fingerprint density at radius 3 is 2.80 bits per heavy atom. The lowest BCUT2D eigenvalue weighted by molar-refractivity contribution is 0.0943. The number of aryl methyl sites for hydroxylation is 3. The van der Waals surface area contributed by atoms with Gasteiger partial charge in [-0.2, -0.15) is 5.10 Å². The van der Waals surface area contributed by atoms with Gasteiger partial charge in [-0.15, -0.1) is 11.3 Å². The normalized spacial score (nSPS) is 12.7. The minimum Gasteiger partial charge on any atom is -0.350 e. The van der Waals surface area contributed by atoms with E-state index >= 15 is 0 Å². The largest absolute Gasteiger partial charge is 0.350 e. The minimum absolute atomic E-state index is 0.0880. The second kappa shape index (κ2) is 6.93. The van der Waals surface area contributed by atoms with E-state index in [0.29, 0.717) is 12.1 Å². The van der Waals surface area contributed by atoms with Gasteiger partial charge in [0, 0.05) is 24.2 Å². The van der Waals surface area contributed by atoms with Crippen LogP contribution in [0.3, 0.4) is 0 Å². The third kappa shape index (κ3) is 3.43. The molecule has 0 aliphatic rings. The molecule has 0 aliphatic heterocycles. The first-order valence-electron chi connectivity index (χ1n) is 8.17. The van der Waals surface area contributed by atoms with Gasteiger partial charge < -0.3 is 10.2 Å². The lowest BCUT2D eigenvalue weighted by Gasteiger charge is -2.23. The van der Waals surface area contributed by atoms with Gasteiger partial charge in [0.05, 0.1) is 22.7 Å². The predicted molar refractivity (Wildman–Crippen MR) is 101 cm³/mol. The zero-order valence-corrected chi connectivity index (χ0v) is 16.0. The molecule has 0 unspecified atom stereocenters. The molecule has 132 valence electrons. The van der Waals surface area contributed by atoms with E-state index in [1.165, 1.54) is 4.88 Å². The third-order valence-corrected chi connectivity index (χ3v) is 5.27. The van der Waals surface area contributed by atoms with Crippen molar-refractivity contribution in [2.75, 3.05) is 20.6 Å². The Balaban J connectivity index is 1.88. The van der Waals surface area contributed by atoms with Gasteiger partial charge in [0.15, 0.2) is 5.65 Å². The number of likely N-dealkylation sites (N-methyl/N-ethyl adjacent to an activating group) is 1. The Labute approximate surface area is 151 Å². The fourth-order valence-electron chi connectivity index (χ4n) is 3.05. The Morgan fingerprint density at radius 1 is 1.40 bits per heavy atom. The number of pyridine rings is 1. The molecular weight excluding hydrogens is 334 g/mol.